The summed E-state index contributed by atoms with van der Waals surface area (Å²) in [5, 5.41) is 20.9. The van der Waals surface area contributed by atoms with Crippen LogP contribution in [0.25, 0.3) is 0 Å². The number of halogens is 1. The van der Waals surface area contributed by atoms with Crippen LogP contribution in [0.4, 0.5) is 4.39 Å². The van der Waals surface area contributed by atoms with Gasteiger partial charge >= 0.3 is 0 Å². The number of unbranched alkanes of at least 4 members (excludes halogenated alkanes) is 8. The number of rotatable bonds is 14. The Labute approximate surface area is 236 Å². The molecule has 0 heterocycles. The normalized spacial score (nSPS) is 31.4. The maximum Gasteiger partial charge on any atom is 0.222 e. The Bertz CT molecular complexity index is 937. The van der Waals surface area contributed by atoms with Crippen molar-refractivity contribution in [2.45, 2.75) is 135 Å². The molecule has 0 spiro atoms. The molecular formula is C34H54FNO3. The lowest BCUT2D eigenvalue weighted by molar-refractivity contribution is -0.130. The Balaban J connectivity index is 1.21. The number of carbonyl (C=O) groups excluding carboxylic acids is 1. The Hall–Kier alpha value is -1.62. The van der Waals surface area contributed by atoms with Gasteiger partial charge in [0, 0.05) is 20.0 Å². The molecule has 2 N–H and O–H groups in total. The molecule has 0 radical (unpaired) electrons. The Morgan fingerprint density at radius 2 is 1.77 bits per heavy atom. The van der Waals surface area contributed by atoms with E-state index in [1.54, 1.807) is 0 Å². The largest absolute Gasteiger partial charge is 0.508 e. The van der Waals surface area contributed by atoms with Crippen LogP contribution < -0.4 is 0 Å². The van der Waals surface area contributed by atoms with E-state index in [0.29, 0.717) is 42.3 Å². The monoisotopic (exact) mass is 543 g/mol. The number of benzene rings is 1. The Morgan fingerprint density at radius 1 is 1.08 bits per heavy atom. The molecule has 0 bridgehead atoms. The summed E-state index contributed by atoms with van der Waals surface area (Å²) >= 11 is 0. The quantitative estimate of drug-likeness (QED) is 0.234. The highest BCUT2D eigenvalue weighted by Crippen LogP contribution is 2.63. The van der Waals surface area contributed by atoms with Crippen LogP contribution in [0.5, 0.6) is 5.75 Å². The van der Waals surface area contributed by atoms with Crippen LogP contribution in [0.3, 0.4) is 0 Å². The van der Waals surface area contributed by atoms with Crippen LogP contribution in [0.2, 0.25) is 0 Å². The topological polar surface area (TPSA) is 60.8 Å². The predicted molar refractivity (Wildman–Crippen MR) is 157 cm³/mol. The van der Waals surface area contributed by atoms with E-state index >= 15 is 0 Å². The maximum atomic E-state index is 14.8. The van der Waals surface area contributed by atoms with Gasteiger partial charge in [0.05, 0.1) is 6.10 Å². The van der Waals surface area contributed by atoms with Crippen LogP contribution in [-0.2, 0) is 11.2 Å². The van der Waals surface area contributed by atoms with Gasteiger partial charge in [-0.3, -0.25) is 4.79 Å². The molecule has 2 fully saturated rings. The molecule has 0 aliphatic heterocycles. The minimum Gasteiger partial charge on any atom is -0.508 e. The molecule has 1 aromatic carbocycles. The minimum atomic E-state index is -1.10. The first-order chi connectivity index (χ1) is 18.8. The number of aliphatic hydroxyl groups excluding tert-OH is 1. The molecular weight excluding hydrogens is 489 g/mol. The van der Waals surface area contributed by atoms with Crippen molar-refractivity contribution >= 4 is 5.91 Å². The number of hydrogen-bond acceptors (Lipinski definition) is 3. The molecule has 7 atom stereocenters. The Morgan fingerprint density at radius 3 is 2.49 bits per heavy atom. The van der Waals surface area contributed by atoms with Gasteiger partial charge in [-0.25, -0.2) is 4.39 Å². The number of amides is 1. The van der Waals surface area contributed by atoms with Gasteiger partial charge in [-0.1, -0.05) is 71.3 Å². The number of aromatic hydroxyl groups is 1. The van der Waals surface area contributed by atoms with Gasteiger partial charge in [-0.15, -0.1) is 0 Å². The third-order valence-corrected chi connectivity index (χ3v) is 10.8. The van der Waals surface area contributed by atoms with Crippen LogP contribution in [0, 0.1) is 23.2 Å². The highest BCUT2D eigenvalue weighted by atomic mass is 19.1. The first kappa shape index (κ1) is 30.3. The van der Waals surface area contributed by atoms with E-state index in [4.69, 9.17) is 0 Å². The van der Waals surface area contributed by atoms with Gasteiger partial charge in [-0.2, -0.15) is 0 Å². The zero-order valence-corrected chi connectivity index (χ0v) is 24.8. The molecule has 0 unspecified atom stereocenters. The average Bonchev–Trinajstić information content (AvgIpc) is 3.15. The third kappa shape index (κ3) is 7.00. The zero-order valence-electron chi connectivity index (χ0n) is 24.8. The molecule has 4 rings (SSSR count). The van der Waals surface area contributed by atoms with Gasteiger partial charge in [0.2, 0.25) is 5.91 Å². The van der Waals surface area contributed by atoms with Gasteiger partial charge in [0.15, 0.2) is 0 Å². The number of carbonyl (C=O) groups is 1. The van der Waals surface area contributed by atoms with Crippen LogP contribution in [0.15, 0.2) is 18.2 Å². The molecule has 0 saturated heterocycles. The summed E-state index contributed by atoms with van der Waals surface area (Å²) in [7, 11) is 1.93. The standard InChI is InChI=1S/C34H54FNO3/c1-4-5-20-36(3)31(38)15-13-11-9-7-6-8-10-12-14-24-21-25-22-26(37)16-17-27(25)28-18-19-34(2)29(32(24)28)23-30(35)33(34)39/h16-17,22,24,28-30,32-33,37,39H,4-15,18-21,23H2,1-3H3/t24-,28-,29+,30-,32-,33-,34+/m1/s1. The first-order valence-corrected chi connectivity index (χ1v) is 16.1. The number of nitrogens with zero attached hydrogens (tertiary/aromatic N) is 1. The van der Waals surface area contributed by atoms with Gasteiger partial charge in [0.25, 0.3) is 0 Å². The van der Waals surface area contributed by atoms with Crippen molar-refractivity contribution in [3.8, 4) is 5.75 Å². The summed E-state index contributed by atoms with van der Waals surface area (Å²) in [6.07, 6.45) is 15.1. The van der Waals surface area contributed by atoms with Crippen LogP contribution in [0.1, 0.15) is 127 Å². The fraction of sp³-hybridized carbons (Fsp3) is 0.794. The SMILES string of the molecule is CCCCN(C)C(=O)CCCCCCCCCC[C@@H]1Cc2cc(O)ccc2[C@H]2CC[C@]3(C)[C@H](O)[C@H](F)C[C@H]3[C@H]12. The molecule has 220 valence electrons. The molecule has 0 aromatic heterocycles. The zero-order chi connectivity index (χ0) is 28.0. The fourth-order valence-electron chi connectivity index (χ4n) is 8.46. The minimum absolute atomic E-state index is 0.242. The smallest absolute Gasteiger partial charge is 0.222 e. The Kier molecular flexibility index (Phi) is 10.8. The number of aliphatic hydroxyl groups is 1. The van der Waals surface area contributed by atoms with E-state index in [1.165, 1.54) is 49.7 Å². The number of phenols is 1. The summed E-state index contributed by atoms with van der Waals surface area (Å²) in [4.78, 5) is 14.0. The summed E-state index contributed by atoms with van der Waals surface area (Å²) < 4.78 is 14.8. The highest BCUT2D eigenvalue weighted by molar-refractivity contribution is 5.75. The molecule has 4 nitrogen and oxygen atoms in total. The lowest BCUT2D eigenvalue weighted by Gasteiger charge is -2.53. The summed E-state index contributed by atoms with van der Waals surface area (Å²) in [5.41, 5.74) is 2.35. The van der Waals surface area contributed by atoms with Crippen molar-refractivity contribution < 1.29 is 19.4 Å². The van der Waals surface area contributed by atoms with Crippen molar-refractivity contribution in [2.75, 3.05) is 13.6 Å². The van der Waals surface area contributed by atoms with E-state index in [2.05, 4.69) is 19.9 Å². The van der Waals surface area contributed by atoms with Gasteiger partial charge in [0.1, 0.15) is 11.9 Å². The number of alkyl halides is 1. The predicted octanol–water partition coefficient (Wildman–Crippen LogP) is 7.94. The van der Waals surface area contributed by atoms with E-state index in [1.807, 2.05) is 24.1 Å². The van der Waals surface area contributed by atoms with Gasteiger partial charge < -0.3 is 15.1 Å². The summed E-state index contributed by atoms with van der Waals surface area (Å²) in [5.74, 6) is 2.23. The second kappa shape index (κ2) is 13.8. The number of fused-ring (bicyclic) bond motifs is 5. The van der Waals surface area contributed by atoms with E-state index < -0.39 is 12.3 Å². The second-order valence-corrected chi connectivity index (χ2v) is 13.4. The van der Waals surface area contributed by atoms with Crippen LogP contribution in [-0.4, -0.2) is 46.9 Å². The number of hydrogen-bond donors (Lipinski definition) is 2. The van der Waals surface area contributed by atoms with Crippen molar-refractivity contribution in [1.82, 2.24) is 4.90 Å². The third-order valence-electron chi connectivity index (χ3n) is 10.8. The van der Waals surface area contributed by atoms with Crippen molar-refractivity contribution in [2.24, 2.45) is 23.2 Å². The van der Waals surface area contributed by atoms with Gasteiger partial charge in [-0.05, 0) is 97.3 Å². The molecule has 1 aromatic rings. The van der Waals surface area contributed by atoms with E-state index in [0.717, 1.165) is 57.9 Å². The molecule has 5 heteroatoms. The average molecular weight is 544 g/mol. The highest BCUT2D eigenvalue weighted by Gasteiger charge is 2.60. The summed E-state index contributed by atoms with van der Waals surface area (Å²) in [6.45, 7) is 5.18. The van der Waals surface area contributed by atoms with E-state index in [-0.39, 0.29) is 11.3 Å². The lowest BCUT2D eigenvalue weighted by Crippen LogP contribution is -2.47. The van der Waals surface area contributed by atoms with Crippen molar-refractivity contribution in [1.29, 1.82) is 0 Å². The molecule has 39 heavy (non-hydrogen) atoms. The van der Waals surface area contributed by atoms with Crippen LogP contribution >= 0.6 is 0 Å². The molecule has 3 aliphatic carbocycles. The lowest BCUT2D eigenvalue weighted by atomic mass is 9.52. The molecule has 2 saturated carbocycles. The number of phenolic OH excluding ortho intramolecular Hbond substituents is 1. The van der Waals surface area contributed by atoms with Crippen molar-refractivity contribution in [3.63, 3.8) is 0 Å². The first-order valence-electron chi connectivity index (χ1n) is 16.1. The van der Waals surface area contributed by atoms with Crippen molar-refractivity contribution in [3.05, 3.63) is 29.3 Å². The summed E-state index contributed by atoms with van der Waals surface area (Å²) in [6, 6.07) is 5.89. The fourth-order valence-corrected chi connectivity index (χ4v) is 8.46. The maximum absolute atomic E-state index is 14.8. The van der Waals surface area contributed by atoms with E-state index in [9.17, 15) is 19.4 Å². The molecule has 3 aliphatic rings. The molecule has 1 amide bonds. The second-order valence-electron chi connectivity index (χ2n) is 13.4.